The van der Waals surface area contributed by atoms with E-state index in [9.17, 15) is 4.79 Å². The zero-order valence-corrected chi connectivity index (χ0v) is 8.70. The molecule has 12 heavy (non-hydrogen) atoms. The van der Waals surface area contributed by atoms with Crippen LogP contribution >= 0.6 is 0 Å². The van der Waals surface area contributed by atoms with Crippen LogP contribution in [0.1, 0.15) is 0 Å². The summed E-state index contributed by atoms with van der Waals surface area (Å²) < 4.78 is 4.74. The summed E-state index contributed by atoms with van der Waals surface area (Å²) in [4.78, 5) is 13.2. The molecule has 0 bridgehead atoms. The molecule has 0 aromatic rings. The molecule has 0 aliphatic carbocycles. The summed E-state index contributed by atoms with van der Waals surface area (Å²) in [6, 6.07) is 0.929. The van der Waals surface area contributed by atoms with E-state index >= 15 is 0 Å². The summed E-state index contributed by atoms with van der Waals surface area (Å²) in [5.74, 6) is -0.587. The fourth-order valence-electron chi connectivity index (χ4n) is 0.542. The molecule has 0 amide bonds. The topological polar surface area (TPSA) is 62.7 Å². The van der Waals surface area contributed by atoms with Crippen molar-refractivity contribution in [1.82, 2.24) is 0 Å². The minimum atomic E-state index is -1.13. The van der Waals surface area contributed by atoms with E-state index in [1.54, 1.807) is 0 Å². The van der Waals surface area contributed by atoms with Gasteiger partial charge in [-0.05, 0) is 6.04 Å². The van der Waals surface area contributed by atoms with Crippen molar-refractivity contribution in [3.05, 3.63) is 5.53 Å². The Morgan fingerprint density at radius 2 is 2.17 bits per heavy atom. The number of carbonyl (C=O) groups excluding carboxylic acids is 1. The smallest absolute Gasteiger partial charge is 0.413 e. The second-order valence-corrected chi connectivity index (χ2v) is 9.34. The predicted octanol–water partition coefficient (Wildman–Crippen LogP) is 1.17. The molecule has 0 saturated heterocycles. The van der Waals surface area contributed by atoms with Gasteiger partial charge in [0.25, 0.3) is 0 Å². The first-order valence-electron chi connectivity index (χ1n) is 3.80. The van der Waals surface area contributed by atoms with E-state index in [4.69, 9.17) is 10.3 Å². The molecule has 0 spiro atoms. The van der Waals surface area contributed by atoms with E-state index in [1.807, 2.05) is 0 Å². The number of hydrogen-bond donors (Lipinski definition) is 0. The first kappa shape index (κ1) is 11.1. The molecule has 0 atom stereocenters. The zero-order chi connectivity index (χ0) is 9.61. The Kier molecular flexibility index (Phi) is 4.47. The largest absolute Gasteiger partial charge is 0.458 e. The highest BCUT2D eigenvalue weighted by atomic mass is 28.3. The van der Waals surface area contributed by atoms with Crippen molar-refractivity contribution in [2.75, 3.05) is 6.61 Å². The van der Waals surface area contributed by atoms with Crippen molar-refractivity contribution in [2.45, 2.75) is 25.7 Å². The molecule has 5 heteroatoms. The van der Waals surface area contributed by atoms with Gasteiger partial charge in [0.2, 0.25) is 0 Å². The fourth-order valence-corrected chi connectivity index (χ4v) is 1.26. The molecular formula is C7H14N2O2Si. The molecule has 4 nitrogen and oxygen atoms in total. The molecule has 0 aromatic carbocycles. The molecule has 0 aliphatic rings. The molecule has 0 fully saturated rings. The van der Waals surface area contributed by atoms with Crippen molar-refractivity contribution in [2.24, 2.45) is 0 Å². The second kappa shape index (κ2) is 4.85. The summed E-state index contributed by atoms with van der Waals surface area (Å²) in [5.41, 5.74) is 7.97. The van der Waals surface area contributed by atoms with Crippen LogP contribution in [0.2, 0.25) is 25.7 Å². The van der Waals surface area contributed by atoms with E-state index in [-0.39, 0.29) is 0 Å². The van der Waals surface area contributed by atoms with Crippen LogP contribution in [0.5, 0.6) is 0 Å². The van der Waals surface area contributed by atoms with Gasteiger partial charge < -0.3 is 10.3 Å². The van der Waals surface area contributed by atoms with Gasteiger partial charge in [-0.2, -0.15) is 4.79 Å². The third-order valence-electron chi connectivity index (χ3n) is 1.26. The molecule has 0 aliphatic heterocycles. The zero-order valence-electron chi connectivity index (χ0n) is 7.70. The molecule has 0 rings (SSSR count). The summed E-state index contributed by atoms with van der Waals surface area (Å²) in [6.07, 6.45) is 0.754. The highest BCUT2D eigenvalue weighted by molar-refractivity contribution is 6.76. The van der Waals surface area contributed by atoms with E-state index in [0.29, 0.717) is 6.61 Å². The van der Waals surface area contributed by atoms with Crippen LogP contribution in [-0.4, -0.2) is 31.7 Å². The van der Waals surface area contributed by atoms with Crippen LogP contribution in [0.25, 0.3) is 5.53 Å². The van der Waals surface area contributed by atoms with Crippen LogP contribution in [0.4, 0.5) is 0 Å². The van der Waals surface area contributed by atoms with Gasteiger partial charge in [0.05, 0.1) is 6.61 Å². The van der Waals surface area contributed by atoms with Gasteiger partial charge in [0.1, 0.15) is 0 Å². The quantitative estimate of drug-likeness (QED) is 0.217. The maximum atomic E-state index is 10.6. The number of ether oxygens (including phenoxy) is 1. The Bertz CT molecular complexity index is 204. The maximum absolute atomic E-state index is 10.6. The van der Waals surface area contributed by atoms with Crippen LogP contribution in [0.15, 0.2) is 0 Å². The van der Waals surface area contributed by atoms with Crippen molar-refractivity contribution in [3.8, 4) is 0 Å². The van der Waals surface area contributed by atoms with E-state index in [0.717, 1.165) is 12.3 Å². The van der Waals surface area contributed by atoms with Crippen LogP contribution < -0.4 is 0 Å². The highest BCUT2D eigenvalue weighted by Gasteiger charge is 2.13. The van der Waals surface area contributed by atoms with Crippen molar-refractivity contribution in [1.29, 1.82) is 0 Å². The van der Waals surface area contributed by atoms with Gasteiger partial charge >= 0.3 is 12.2 Å². The molecule has 0 unspecified atom stereocenters. The third-order valence-corrected chi connectivity index (χ3v) is 2.96. The van der Waals surface area contributed by atoms with Crippen molar-refractivity contribution < 1.29 is 14.3 Å². The molecule has 0 saturated carbocycles. The predicted molar refractivity (Wildman–Crippen MR) is 48.8 cm³/mol. The van der Waals surface area contributed by atoms with E-state index in [2.05, 4.69) is 24.4 Å². The summed E-state index contributed by atoms with van der Waals surface area (Å²) in [7, 11) is -1.13. The Morgan fingerprint density at radius 3 is 2.58 bits per heavy atom. The molecule has 0 heterocycles. The molecule has 0 radical (unpaired) electrons. The summed E-state index contributed by atoms with van der Waals surface area (Å²) >= 11 is 0. The molecule has 0 N–H and O–H groups in total. The first-order chi connectivity index (χ1) is 5.45. The lowest BCUT2D eigenvalue weighted by Gasteiger charge is -2.13. The van der Waals surface area contributed by atoms with Crippen LogP contribution in [0, 0.1) is 0 Å². The fraction of sp³-hybridized carbons (Fsp3) is 0.714. The Hall–Kier alpha value is -0.933. The number of carbonyl (C=O) groups is 1. The van der Waals surface area contributed by atoms with E-state index in [1.165, 1.54) is 0 Å². The lowest BCUT2D eigenvalue weighted by atomic mass is 10.7. The van der Waals surface area contributed by atoms with Crippen LogP contribution in [-0.2, 0) is 9.53 Å². The van der Waals surface area contributed by atoms with Crippen LogP contribution in [0.3, 0.4) is 0 Å². The number of nitrogens with zero attached hydrogens (tertiary/aromatic N) is 2. The van der Waals surface area contributed by atoms with Gasteiger partial charge in [-0.1, -0.05) is 19.6 Å². The lowest BCUT2D eigenvalue weighted by molar-refractivity contribution is -0.138. The van der Waals surface area contributed by atoms with Gasteiger partial charge in [-0.3, -0.25) is 0 Å². The van der Waals surface area contributed by atoms with Crippen molar-refractivity contribution in [3.63, 3.8) is 0 Å². The minimum absolute atomic E-state index is 0.417. The highest BCUT2D eigenvalue weighted by Crippen LogP contribution is 2.07. The standard InChI is InChI=1S/C7H14N2O2Si/c1-12(2,3)5-4-11-7(10)6-9-8/h6H,4-5H2,1-3H3. The number of hydrogen-bond acceptors (Lipinski definition) is 2. The van der Waals surface area contributed by atoms with Crippen molar-refractivity contribution >= 4 is 20.3 Å². The third kappa shape index (κ3) is 7.18. The average molecular weight is 186 g/mol. The van der Waals surface area contributed by atoms with Gasteiger partial charge in [0, 0.05) is 8.07 Å². The minimum Gasteiger partial charge on any atom is -0.458 e. The molecule has 68 valence electrons. The normalized spacial score (nSPS) is 10.2. The summed E-state index contributed by atoms with van der Waals surface area (Å²) in [6.45, 7) is 7.00. The second-order valence-electron chi connectivity index (χ2n) is 3.72. The van der Waals surface area contributed by atoms with Gasteiger partial charge in [0.15, 0.2) is 0 Å². The first-order valence-corrected chi connectivity index (χ1v) is 7.50. The molecule has 0 aromatic heterocycles. The monoisotopic (exact) mass is 186 g/mol. The number of rotatable bonds is 4. The van der Waals surface area contributed by atoms with Gasteiger partial charge in [-0.25, -0.2) is 4.79 Å². The van der Waals surface area contributed by atoms with Gasteiger partial charge in [-0.15, -0.1) is 0 Å². The molecular weight excluding hydrogens is 172 g/mol. The average Bonchev–Trinajstić information content (AvgIpc) is 1.84. The SMILES string of the molecule is C[Si](C)(C)CCOC(=O)C=[N+]=[N-]. The Morgan fingerprint density at radius 1 is 1.58 bits per heavy atom. The Labute approximate surface area is 73.2 Å². The van der Waals surface area contributed by atoms with E-state index < -0.39 is 14.0 Å². The number of esters is 1. The lowest BCUT2D eigenvalue weighted by Crippen LogP contribution is -2.22. The Balaban J connectivity index is 3.57. The summed E-state index contributed by atoms with van der Waals surface area (Å²) in [5, 5.41) is 0. The maximum Gasteiger partial charge on any atom is 0.413 e.